The lowest BCUT2D eigenvalue weighted by Gasteiger charge is -2.32. The van der Waals surface area contributed by atoms with Crippen molar-refractivity contribution in [1.29, 1.82) is 0 Å². The second kappa shape index (κ2) is 16.5. The molecular formula is C76H51N. The Hall–Kier alpha value is -9.56. The molecule has 3 aliphatic rings. The van der Waals surface area contributed by atoms with Crippen LogP contribution in [0.3, 0.4) is 0 Å². The summed E-state index contributed by atoms with van der Waals surface area (Å²) in [6.07, 6.45) is 0. The van der Waals surface area contributed by atoms with E-state index in [9.17, 15) is 0 Å². The number of rotatable bonds is 6. The molecule has 0 atom stereocenters. The maximum atomic E-state index is 2.51. The van der Waals surface area contributed by atoms with E-state index in [2.05, 4.69) is 292 Å². The zero-order valence-corrected chi connectivity index (χ0v) is 42.9. The zero-order chi connectivity index (χ0) is 51.0. The maximum absolute atomic E-state index is 2.51. The van der Waals surface area contributed by atoms with E-state index in [0.717, 1.165) is 17.1 Å². The largest absolute Gasteiger partial charge is 0.309 e. The molecule has 0 unspecified atom stereocenters. The lowest BCUT2D eigenvalue weighted by Crippen LogP contribution is -2.26. The van der Waals surface area contributed by atoms with Crippen molar-refractivity contribution in [1.82, 2.24) is 0 Å². The first kappa shape index (κ1) is 43.8. The fraction of sp³-hybridized carbons (Fsp3) is 0.0526. The third-order valence-corrected chi connectivity index (χ3v) is 17.7. The second-order valence-corrected chi connectivity index (χ2v) is 21.8. The Morgan fingerprint density at radius 1 is 0.247 bits per heavy atom. The average molecular weight is 978 g/mol. The minimum atomic E-state index is -0.448. The van der Waals surface area contributed by atoms with Crippen molar-refractivity contribution in [2.75, 3.05) is 4.90 Å². The number of hydrogen-bond donors (Lipinski definition) is 0. The Kier molecular flexibility index (Phi) is 9.37. The van der Waals surface area contributed by atoms with E-state index in [1.165, 1.54) is 132 Å². The molecule has 0 bridgehead atoms. The molecule has 0 aliphatic heterocycles. The summed E-state index contributed by atoms with van der Waals surface area (Å²) < 4.78 is 0. The molecule has 0 amide bonds. The van der Waals surface area contributed by atoms with E-state index in [-0.39, 0.29) is 5.41 Å². The molecule has 0 heterocycles. The van der Waals surface area contributed by atoms with Crippen molar-refractivity contribution in [3.05, 3.63) is 306 Å². The first-order valence-corrected chi connectivity index (χ1v) is 27.1. The number of benzene rings is 13. The maximum Gasteiger partial charge on any atom is 0.0726 e. The zero-order valence-electron chi connectivity index (χ0n) is 42.9. The normalized spacial score (nSPS) is 13.8. The van der Waals surface area contributed by atoms with Gasteiger partial charge in [0.05, 0.1) is 16.8 Å². The molecule has 0 saturated carbocycles. The van der Waals surface area contributed by atoms with E-state index < -0.39 is 5.41 Å². The van der Waals surface area contributed by atoms with E-state index in [4.69, 9.17) is 0 Å². The van der Waals surface area contributed by atoms with Gasteiger partial charge in [0.15, 0.2) is 0 Å². The van der Waals surface area contributed by atoms with Crippen molar-refractivity contribution in [2.45, 2.75) is 24.7 Å². The van der Waals surface area contributed by atoms with Gasteiger partial charge in [-0.05, 0) is 164 Å². The van der Waals surface area contributed by atoms with Gasteiger partial charge in [-0.15, -0.1) is 0 Å². The highest BCUT2D eigenvalue weighted by atomic mass is 15.1. The van der Waals surface area contributed by atoms with Gasteiger partial charge in [0.2, 0.25) is 0 Å². The highest BCUT2D eigenvalue weighted by Crippen LogP contribution is 2.65. The number of para-hydroxylation sites is 1. The highest BCUT2D eigenvalue weighted by molar-refractivity contribution is 6.26. The van der Waals surface area contributed by atoms with Gasteiger partial charge in [-0.3, -0.25) is 0 Å². The summed E-state index contributed by atoms with van der Waals surface area (Å²) in [5, 5.41) is 7.82. The summed E-state index contributed by atoms with van der Waals surface area (Å²) >= 11 is 0. The van der Waals surface area contributed by atoms with Crippen LogP contribution in [0.5, 0.6) is 0 Å². The first-order chi connectivity index (χ1) is 38.0. The Morgan fingerprint density at radius 3 is 1.35 bits per heavy atom. The van der Waals surface area contributed by atoms with Gasteiger partial charge in [-0.1, -0.05) is 244 Å². The van der Waals surface area contributed by atoms with Gasteiger partial charge >= 0.3 is 0 Å². The van der Waals surface area contributed by atoms with Crippen LogP contribution < -0.4 is 4.90 Å². The predicted octanol–water partition coefficient (Wildman–Crippen LogP) is 20.3. The number of hydrogen-bond acceptors (Lipinski definition) is 1. The highest BCUT2D eigenvalue weighted by Gasteiger charge is 2.52. The monoisotopic (exact) mass is 977 g/mol. The van der Waals surface area contributed by atoms with Gasteiger partial charge in [0, 0.05) is 22.2 Å². The van der Waals surface area contributed by atoms with Crippen molar-refractivity contribution < 1.29 is 0 Å². The predicted molar refractivity (Wildman–Crippen MR) is 324 cm³/mol. The Balaban J connectivity index is 0.805. The van der Waals surface area contributed by atoms with Crippen LogP contribution in [-0.4, -0.2) is 0 Å². The quantitative estimate of drug-likeness (QED) is 0.150. The smallest absolute Gasteiger partial charge is 0.0726 e. The molecule has 1 nitrogen and oxygen atoms in total. The fourth-order valence-electron chi connectivity index (χ4n) is 14.2. The standard InChI is InChI=1S/C76H51N/c1-75(2)66-28-13-8-26-60(66)65-46-63-56-23-7-6-22-55(56)62-45-52(41-44-57(62)64(63)47-71(65)75)50-37-35-48(36-38-50)49-39-42-53(43-40-49)77(72-33-17-12-21-54(72)51-19-4-3-5-20-51)73-34-18-32-70-74(73)61-27-11-16-31-69(61)76(70)67-29-14-9-24-58(67)59-25-10-15-30-68(59)76/h3-47H,1-2H3. The molecule has 0 radical (unpaired) electrons. The lowest BCUT2D eigenvalue weighted by molar-refractivity contribution is 0.661. The summed E-state index contributed by atoms with van der Waals surface area (Å²) in [6, 6.07) is 102. The van der Waals surface area contributed by atoms with Crippen LogP contribution in [0.15, 0.2) is 273 Å². The topological polar surface area (TPSA) is 3.24 Å². The molecule has 0 saturated heterocycles. The Morgan fingerprint density at radius 2 is 0.688 bits per heavy atom. The van der Waals surface area contributed by atoms with Gasteiger partial charge < -0.3 is 4.90 Å². The van der Waals surface area contributed by atoms with E-state index in [1.807, 2.05) is 0 Å². The van der Waals surface area contributed by atoms with Gasteiger partial charge in [-0.2, -0.15) is 0 Å². The summed E-state index contributed by atoms with van der Waals surface area (Å²) in [5.74, 6) is 0. The van der Waals surface area contributed by atoms with Crippen LogP contribution in [-0.2, 0) is 10.8 Å². The molecule has 360 valence electrons. The van der Waals surface area contributed by atoms with E-state index in [0.29, 0.717) is 0 Å². The summed E-state index contributed by atoms with van der Waals surface area (Å²) in [7, 11) is 0. The molecule has 0 fully saturated rings. The van der Waals surface area contributed by atoms with Crippen molar-refractivity contribution in [3.63, 3.8) is 0 Å². The van der Waals surface area contributed by atoms with Crippen LogP contribution in [0.2, 0.25) is 0 Å². The Labute approximate surface area is 449 Å². The molecule has 0 N–H and O–H groups in total. The van der Waals surface area contributed by atoms with Crippen LogP contribution in [0.25, 0.3) is 99.1 Å². The molecule has 1 spiro atoms. The van der Waals surface area contributed by atoms with Crippen molar-refractivity contribution in [3.8, 4) is 66.8 Å². The van der Waals surface area contributed by atoms with Gasteiger partial charge in [-0.25, -0.2) is 0 Å². The summed E-state index contributed by atoms with van der Waals surface area (Å²) in [5.41, 5.74) is 26.0. The molecule has 1 heteroatoms. The average Bonchev–Trinajstić information content (AvgIpc) is 4.10. The van der Waals surface area contributed by atoms with Crippen LogP contribution in [0.4, 0.5) is 17.1 Å². The number of nitrogens with zero attached hydrogens (tertiary/aromatic N) is 1. The molecule has 0 aromatic heterocycles. The minimum absolute atomic E-state index is 0.0667. The third kappa shape index (κ3) is 6.17. The van der Waals surface area contributed by atoms with E-state index in [1.54, 1.807) is 0 Å². The van der Waals surface area contributed by atoms with E-state index >= 15 is 0 Å². The lowest BCUT2D eigenvalue weighted by atomic mass is 9.70. The fourth-order valence-corrected chi connectivity index (χ4v) is 14.2. The van der Waals surface area contributed by atoms with Crippen LogP contribution >= 0.6 is 0 Å². The summed E-state index contributed by atoms with van der Waals surface area (Å²) in [6.45, 7) is 4.75. The van der Waals surface area contributed by atoms with Crippen molar-refractivity contribution >= 4 is 49.4 Å². The number of fused-ring (bicyclic) bond motifs is 19. The van der Waals surface area contributed by atoms with Crippen LogP contribution in [0, 0.1) is 0 Å². The molecular weight excluding hydrogens is 927 g/mol. The third-order valence-electron chi connectivity index (χ3n) is 17.7. The summed E-state index contributed by atoms with van der Waals surface area (Å²) in [4.78, 5) is 2.51. The number of anilines is 3. The Bertz CT molecular complexity index is 4530. The molecule has 13 aromatic rings. The minimum Gasteiger partial charge on any atom is -0.309 e. The molecule has 13 aromatic carbocycles. The first-order valence-electron chi connectivity index (χ1n) is 27.1. The second-order valence-electron chi connectivity index (χ2n) is 21.8. The molecule has 3 aliphatic carbocycles. The van der Waals surface area contributed by atoms with Gasteiger partial charge in [0.1, 0.15) is 0 Å². The molecule has 16 rings (SSSR count). The van der Waals surface area contributed by atoms with Crippen molar-refractivity contribution in [2.24, 2.45) is 0 Å². The SMILES string of the molecule is CC1(C)c2ccccc2-c2cc3c4ccccc4c4cc(-c5ccc(-c6ccc(N(c7ccccc7-c7ccccc7)c7cccc8c7-c7ccccc7C87c8ccccc8-c8ccccc87)cc6)cc5)ccc4c3cc21. The van der Waals surface area contributed by atoms with Crippen LogP contribution in [0.1, 0.15) is 47.2 Å². The van der Waals surface area contributed by atoms with Gasteiger partial charge in [0.25, 0.3) is 0 Å². The molecule has 77 heavy (non-hydrogen) atoms.